The van der Waals surface area contributed by atoms with Gasteiger partial charge < -0.3 is 10.2 Å². The number of hydrogen-bond acceptors (Lipinski definition) is 2. The number of amides is 1. The van der Waals surface area contributed by atoms with E-state index in [1.807, 2.05) is 23.1 Å². The lowest BCUT2D eigenvalue weighted by Crippen LogP contribution is -2.39. The van der Waals surface area contributed by atoms with E-state index in [0.717, 1.165) is 35.6 Å². The summed E-state index contributed by atoms with van der Waals surface area (Å²) in [6.45, 7) is 4.57. The molecule has 1 aliphatic rings. The molecule has 0 aromatic heterocycles. The van der Waals surface area contributed by atoms with Crippen LogP contribution in [0.5, 0.6) is 0 Å². The maximum Gasteiger partial charge on any atom is 0.222 e. The Balaban J connectivity index is 1.81. The molecule has 0 aliphatic carbocycles. The third-order valence-electron chi connectivity index (χ3n) is 3.30. The molecule has 0 radical (unpaired) electrons. The molecule has 2 rings (SSSR count). The predicted molar refractivity (Wildman–Crippen MR) is 81.3 cm³/mol. The van der Waals surface area contributed by atoms with Gasteiger partial charge in [0.15, 0.2) is 0 Å². The summed E-state index contributed by atoms with van der Waals surface area (Å²) in [5, 5.41) is 4.16. The fraction of sp³-hybridized carbons (Fsp3) is 0.500. The zero-order valence-electron chi connectivity index (χ0n) is 11.0. The predicted octanol–water partition coefficient (Wildman–Crippen LogP) is 3.20. The summed E-state index contributed by atoms with van der Waals surface area (Å²) in [4.78, 5) is 13.5. The largest absolute Gasteiger partial charge is 0.341 e. The number of halogens is 2. The van der Waals surface area contributed by atoms with Gasteiger partial charge in [-0.2, -0.15) is 0 Å². The lowest BCUT2D eigenvalue weighted by Gasteiger charge is -2.21. The number of nitrogens with zero attached hydrogens (tertiary/aromatic N) is 1. The van der Waals surface area contributed by atoms with E-state index in [1.54, 1.807) is 0 Å². The molecule has 1 aromatic rings. The SMILES string of the molecule is CC(CN1CCCC1=O)NCc1ccc(Cl)c(Br)c1. The molecule has 0 saturated carbocycles. The minimum atomic E-state index is 0.280. The minimum absolute atomic E-state index is 0.280. The van der Waals surface area contributed by atoms with E-state index in [-0.39, 0.29) is 11.9 Å². The van der Waals surface area contributed by atoms with Crippen LogP contribution in [-0.4, -0.2) is 29.9 Å². The fourth-order valence-electron chi connectivity index (χ4n) is 2.23. The van der Waals surface area contributed by atoms with E-state index in [1.165, 1.54) is 5.56 Å². The Morgan fingerprint density at radius 3 is 2.95 bits per heavy atom. The molecular formula is C14H18BrClN2O. The molecule has 19 heavy (non-hydrogen) atoms. The van der Waals surface area contributed by atoms with Gasteiger partial charge in [-0.05, 0) is 47.0 Å². The van der Waals surface area contributed by atoms with Gasteiger partial charge in [-0.15, -0.1) is 0 Å². The van der Waals surface area contributed by atoms with Crippen molar-refractivity contribution in [3.05, 3.63) is 33.3 Å². The standard InChI is InChI=1S/C14H18BrClN2O/c1-10(9-18-6-2-3-14(18)19)17-8-11-4-5-13(16)12(15)7-11/h4-5,7,10,17H,2-3,6,8-9H2,1H3. The highest BCUT2D eigenvalue weighted by Crippen LogP contribution is 2.23. The summed E-state index contributed by atoms with van der Waals surface area (Å²) in [6, 6.07) is 6.20. The number of carbonyl (C=O) groups is 1. The number of benzene rings is 1. The Hall–Kier alpha value is -0.580. The highest BCUT2D eigenvalue weighted by Gasteiger charge is 2.21. The van der Waals surface area contributed by atoms with Crippen LogP contribution in [0.15, 0.2) is 22.7 Å². The lowest BCUT2D eigenvalue weighted by molar-refractivity contribution is -0.127. The normalized spacial score (nSPS) is 17.0. The van der Waals surface area contributed by atoms with E-state index >= 15 is 0 Å². The first-order chi connectivity index (χ1) is 9.06. The number of carbonyl (C=O) groups excluding carboxylic acids is 1. The fourth-order valence-corrected chi connectivity index (χ4v) is 2.78. The molecule has 1 saturated heterocycles. The van der Waals surface area contributed by atoms with E-state index in [9.17, 15) is 4.79 Å². The smallest absolute Gasteiger partial charge is 0.222 e. The third kappa shape index (κ3) is 4.20. The van der Waals surface area contributed by atoms with Crippen LogP contribution in [0.25, 0.3) is 0 Å². The Labute approximate surface area is 127 Å². The van der Waals surface area contributed by atoms with Crippen LogP contribution < -0.4 is 5.32 Å². The molecule has 1 N–H and O–H groups in total. The summed E-state index contributed by atoms with van der Waals surface area (Å²) in [5.41, 5.74) is 1.18. The van der Waals surface area contributed by atoms with Crippen molar-refractivity contribution in [2.75, 3.05) is 13.1 Å². The zero-order valence-corrected chi connectivity index (χ0v) is 13.3. The molecule has 1 atom stereocenters. The molecule has 1 heterocycles. The van der Waals surface area contributed by atoms with Crippen LogP contribution >= 0.6 is 27.5 Å². The molecule has 104 valence electrons. The van der Waals surface area contributed by atoms with E-state index in [0.29, 0.717) is 6.42 Å². The molecule has 1 fully saturated rings. The average Bonchev–Trinajstić information content (AvgIpc) is 2.77. The number of likely N-dealkylation sites (tertiary alicyclic amines) is 1. The van der Waals surface area contributed by atoms with Crippen LogP contribution in [0.4, 0.5) is 0 Å². The first kappa shape index (κ1) is 14.8. The van der Waals surface area contributed by atoms with Gasteiger partial charge in [-0.25, -0.2) is 0 Å². The number of rotatable bonds is 5. The van der Waals surface area contributed by atoms with Crippen LogP contribution in [0, 0.1) is 0 Å². The van der Waals surface area contributed by atoms with Crippen molar-refractivity contribution in [2.24, 2.45) is 0 Å². The maximum atomic E-state index is 11.5. The second-order valence-corrected chi connectivity index (χ2v) is 6.24. The lowest BCUT2D eigenvalue weighted by atomic mass is 10.2. The van der Waals surface area contributed by atoms with Crippen molar-refractivity contribution in [1.29, 1.82) is 0 Å². The van der Waals surface area contributed by atoms with Crippen LogP contribution in [0.1, 0.15) is 25.3 Å². The van der Waals surface area contributed by atoms with Crippen molar-refractivity contribution >= 4 is 33.4 Å². The van der Waals surface area contributed by atoms with E-state index in [4.69, 9.17) is 11.6 Å². The number of hydrogen-bond donors (Lipinski definition) is 1. The van der Waals surface area contributed by atoms with Crippen molar-refractivity contribution in [2.45, 2.75) is 32.4 Å². The van der Waals surface area contributed by atoms with Gasteiger partial charge in [-0.1, -0.05) is 17.7 Å². The number of nitrogens with one attached hydrogen (secondary N) is 1. The van der Waals surface area contributed by atoms with Gasteiger partial charge >= 0.3 is 0 Å². The molecule has 1 aromatic carbocycles. The molecule has 5 heteroatoms. The highest BCUT2D eigenvalue weighted by molar-refractivity contribution is 9.10. The quantitative estimate of drug-likeness (QED) is 0.889. The minimum Gasteiger partial charge on any atom is -0.341 e. The van der Waals surface area contributed by atoms with E-state index < -0.39 is 0 Å². The molecule has 1 unspecified atom stereocenters. The van der Waals surface area contributed by atoms with Crippen molar-refractivity contribution < 1.29 is 4.79 Å². The van der Waals surface area contributed by atoms with Gasteiger partial charge in [0.2, 0.25) is 5.91 Å². The Kier molecular flexibility index (Phi) is 5.25. The van der Waals surface area contributed by atoms with Gasteiger partial charge in [0, 0.05) is 36.6 Å². The van der Waals surface area contributed by atoms with Crippen molar-refractivity contribution in [3.63, 3.8) is 0 Å². The zero-order chi connectivity index (χ0) is 13.8. The van der Waals surface area contributed by atoms with Gasteiger partial charge in [-0.3, -0.25) is 4.79 Å². The molecule has 1 amide bonds. The Bertz CT molecular complexity index is 467. The van der Waals surface area contributed by atoms with E-state index in [2.05, 4.69) is 28.2 Å². The van der Waals surface area contributed by atoms with Crippen molar-refractivity contribution in [1.82, 2.24) is 10.2 Å². The third-order valence-corrected chi connectivity index (χ3v) is 4.52. The first-order valence-electron chi connectivity index (χ1n) is 6.51. The second-order valence-electron chi connectivity index (χ2n) is 4.97. The monoisotopic (exact) mass is 344 g/mol. The summed E-state index contributed by atoms with van der Waals surface area (Å²) >= 11 is 9.38. The summed E-state index contributed by atoms with van der Waals surface area (Å²) < 4.78 is 0.913. The van der Waals surface area contributed by atoms with Crippen LogP contribution in [0.3, 0.4) is 0 Å². The van der Waals surface area contributed by atoms with Crippen LogP contribution in [-0.2, 0) is 11.3 Å². The second kappa shape index (κ2) is 6.73. The summed E-state index contributed by atoms with van der Waals surface area (Å²) in [7, 11) is 0. The molecular weight excluding hydrogens is 328 g/mol. The maximum absolute atomic E-state index is 11.5. The summed E-state index contributed by atoms with van der Waals surface area (Å²) in [6.07, 6.45) is 1.70. The molecule has 3 nitrogen and oxygen atoms in total. The Morgan fingerprint density at radius 1 is 1.53 bits per heavy atom. The first-order valence-corrected chi connectivity index (χ1v) is 7.68. The molecule has 1 aliphatic heterocycles. The van der Waals surface area contributed by atoms with Gasteiger partial charge in [0.05, 0.1) is 5.02 Å². The highest BCUT2D eigenvalue weighted by atomic mass is 79.9. The van der Waals surface area contributed by atoms with Crippen LogP contribution in [0.2, 0.25) is 5.02 Å². The Morgan fingerprint density at radius 2 is 2.32 bits per heavy atom. The topological polar surface area (TPSA) is 32.3 Å². The van der Waals surface area contributed by atoms with Gasteiger partial charge in [0.25, 0.3) is 0 Å². The molecule has 0 spiro atoms. The molecule has 0 bridgehead atoms. The van der Waals surface area contributed by atoms with Crippen molar-refractivity contribution in [3.8, 4) is 0 Å². The summed E-state index contributed by atoms with van der Waals surface area (Å²) in [5.74, 6) is 0.280. The van der Waals surface area contributed by atoms with Gasteiger partial charge in [0.1, 0.15) is 0 Å². The average molecular weight is 346 g/mol.